The highest BCUT2D eigenvalue weighted by Gasteiger charge is 2.16. The normalized spacial score (nSPS) is 10.7. The maximum Gasteiger partial charge on any atom is 0.309 e. The molecule has 140 valence electrons. The molecule has 0 unspecified atom stereocenters. The van der Waals surface area contributed by atoms with E-state index in [0.29, 0.717) is 12.2 Å². The number of nitro groups is 1. The highest BCUT2D eigenvalue weighted by Crippen LogP contribution is 2.15. The molecule has 0 saturated heterocycles. The Hall–Kier alpha value is -3.56. The van der Waals surface area contributed by atoms with E-state index in [1.807, 2.05) is 31.2 Å². The second kappa shape index (κ2) is 7.77. The lowest BCUT2D eigenvalue weighted by Gasteiger charge is -2.02. The maximum absolute atomic E-state index is 12.0. The molecule has 0 fully saturated rings. The van der Waals surface area contributed by atoms with E-state index in [1.54, 1.807) is 17.9 Å². The summed E-state index contributed by atoms with van der Waals surface area (Å²) in [5, 5.41) is 21.7. The van der Waals surface area contributed by atoms with Crippen molar-refractivity contribution in [2.75, 3.05) is 5.32 Å². The van der Waals surface area contributed by atoms with Gasteiger partial charge in [0, 0.05) is 13.0 Å². The Bertz CT molecular complexity index is 959. The molecule has 0 atom stereocenters. The lowest BCUT2D eigenvalue weighted by Crippen LogP contribution is -2.16. The highest BCUT2D eigenvalue weighted by molar-refractivity contribution is 5.88. The molecule has 0 aliphatic rings. The van der Waals surface area contributed by atoms with Crippen molar-refractivity contribution in [2.45, 2.75) is 33.4 Å². The number of carbonyl (C=O) groups excluding carboxylic acids is 1. The quantitative estimate of drug-likeness (QED) is 0.503. The average Bonchev–Trinajstić information content (AvgIpc) is 3.21. The SMILES string of the molecule is Cc1ccc(Cn2cnc(NC(=O)CCn3cc([N+](=O)[O-])c(C)n3)n2)cc1. The molecule has 0 radical (unpaired) electrons. The number of nitrogens with zero attached hydrogens (tertiary/aromatic N) is 6. The molecule has 10 heteroatoms. The molecule has 10 nitrogen and oxygen atoms in total. The summed E-state index contributed by atoms with van der Waals surface area (Å²) >= 11 is 0. The van der Waals surface area contributed by atoms with Crippen molar-refractivity contribution >= 4 is 17.5 Å². The predicted octanol–water partition coefficient (Wildman–Crippen LogP) is 2.08. The Balaban J connectivity index is 1.52. The summed E-state index contributed by atoms with van der Waals surface area (Å²) < 4.78 is 3.02. The van der Waals surface area contributed by atoms with Crippen molar-refractivity contribution in [2.24, 2.45) is 0 Å². The van der Waals surface area contributed by atoms with Gasteiger partial charge in [0.15, 0.2) is 0 Å². The first-order valence-corrected chi connectivity index (χ1v) is 8.34. The zero-order valence-corrected chi connectivity index (χ0v) is 15.0. The van der Waals surface area contributed by atoms with Gasteiger partial charge < -0.3 is 0 Å². The average molecular weight is 369 g/mol. The van der Waals surface area contributed by atoms with Crippen LogP contribution in [0.1, 0.15) is 23.2 Å². The number of hydrogen-bond acceptors (Lipinski definition) is 6. The monoisotopic (exact) mass is 369 g/mol. The van der Waals surface area contributed by atoms with Crippen LogP contribution in [0.2, 0.25) is 0 Å². The Morgan fingerprint density at radius 1 is 1.19 bits per heavy atom. The van der Waals surface area contributed by atoms with Gasteiger partial charge in [-0.25, -0.2) is 9.67 Å². The standard InChI is InChI=1S/C17H19N7O3/c1-12-3-5-14(6-4-12)9-23-11-18-17(21-23)19-16(25)7-8-22-10-15(24(26)27)13(2)20-22/h3-6,10-11H,7-9H2,1-2H3,(H,19,21,25). The van der Waals surface area contributed by atoms with Crippen LogP contribution in [0.3, 0.4) is 0 Å². The van der Waals surface area contributed by atoms with E-state index >= 15 is 0 Å². The van der Waals surface area contributed by atoms with Crippen LogP contribution in [0.25, 0.3) is 0 Å². The minimum atomic E-state index is -0.497. The molecule has 0 bridgehead atoms. The number of benzene rings is 1. The van der Waals surface area contributed by atoms with Crippen molar-refractivity contribution < 1.29 is 9.72 Å². The number of anilines is 1. The van der Waals surface area contributed by atoms with Crippen molar-refractivity contribution in [3.8, 4) is 0 Å². The van der Waals surface area contributed by atoms with E-state index in [2.05, 4.69) is 20.5 Å². The Kier molecular flexibility index (Phi) is 5.25. The third-order valence-electron chi connectivity index (χ3n) is 3.94. The molecule has 3 rings (SSSR count). The van der Waals surface area contributed by atoms with Gasteiger partial charge in [0.1, 0.15) is 18.2 Å². The summed E-state index contributed by atoms with van der Waals surface area (Å²) in [5.74, 6) is -0.0753. The number of nitrogens with one attached hydrogen (secondary N) is 1. The highest BCUT2D eigenvalue weighted by atomic mass is 16.6. The van der Waals surface area contributed by atoms with E-state index in [-0.39, 0.29) is 30.5 Å². The number of carbonyl (C=O) groups is 1. The molecule has 0 spiro atoms. The Morgan fingerprint density at radius 3 is 2.59 bits per heavy atom. The van der Waals surface area contributed by atoms with Crippen LogP contribution in [-0.2, 0) is 17.9 Å². The summed E-state index contributed by atoms with van der Waals surface area (Å²) in [6.07, 6.45) is 2.97. The predicted molar refractivity (Wildman–Crippen MR) is 97.2 cm³/mol. The van der Waals surface area contributed by atoms with Crippen LogP contribution in [0.4, 0.5) is 11.6 Å². The van der Waals surface area contributed by atoms with Crippen LogP contribution >= 0.6 is 0 Å². The van der Waals surface area contributed by atoms with Gasteiger partial charge in [0.2, 0.25) is 11.9 Å². The summed E-state index contributed by atoms with van der Waals surface area (Å²) in [5.41, 5.74) is 2.52. The fourth-order valence-corrected chi connectivity index (χ4v) is 2.51. The number of aromatic nitrogens is 5. The molecule has 27 heavy (non-hydrogen) atoms. The second-order valence-electron chi connectivity index (χ2n) is 6.17. The van der Waals surface area contributed by atoms with Crippen LogP contribution < -0.4 is 5.32 Å². The van der Waals surface area contributed by atoms with Gasteiger partial charge in [-0.15, -0.1) is 5.10 Å². The Labute approximate surface area is 155 Å². The molecular formula is C17H19N7O3. The van der Waals surface area contributed by atoms with Gasteiger partial charge in [-0.3, -0.25) is 24.9 Å². The summed E-state index contributed by atoms with van der Waals surface area (Å²) in [4.78, 5) is 26.4. The molecule has 2 heterocycles. The smallest absolute Gasteiger partial charge is 0.293 e. The molecule has 1 amide bonds. The largest absolute Gasteiger partial charge is 0.309 e. The molecule has 3 aromatic rings. The zero-order chi connectivity index (χ0) is 19.4. The zero-order valence-electron chi connectivity index (χ0n) is 15.0. The van der Waals surface area contributed by atoms with Crippen molar-refractivity contribution in [3.05, 3.63) is 63.7 Å². The molecule has 1 N–H and O–H groups in total. The van der Waals surface area contributed by atoms with Gasteiger partial charge in [-0.05, 0) is 19.4 Å². The van der Waals surface area contributed by atoms with Crippen molar-refractivity contribution in [1.82, 2.24) is 24.5 Å². The number of rotatable bonds is 7. The van der Waals surface area contributed by atoms with Gasteiger partial charge >= 0.3 is 5.69 Å². The minimum Gasteiger partial charge on any atom is -0.293 e. The van der Waals surface area contributed by atoms with E-state index < -0.39 is 4.92 Å². The van der Waals surface area contributed by atoms with E-state index in [4.69, 9.17) is 0 Å². The first kappa shape index (κ1) is 18.2. The number of amides is 1. The number of hydrogen-bond donors (Lipinski definition) is 1. The maximum atomic E-state index is 12.0. The molecule has 1 aromatic carbocycles. The Morgan fingerprint density at radius 2 is 1.93 bits per heavy atom. The molecule has 0 aliphatic carbocycles. The number of aryl methyl sites for hydroxylation is 3. The van der Waals surface area contributed by atoms with Gasteiger partial charge in [-0.1, -0.05) is 29.8 Å². The molecule has 2 aromatic heterocycles. The first-order chi connectivity index (χ1) is 12.9. The molecule has 0 aliphatic heterocycles. The van der Waals surface area contributed by atoms with Crippen LogP contribution in [-0.4, -0.2) is 35.4 Å². The third-order valence-corrected chi connectivity index (χ3v) is 3.94. The second-order valence-corrected chi connectivity index (χ2v) is 6.17. The fraction of sp³-hybridized carbons (Fsp3) is 0.294. The molecule has 0 saturated carbocycles. The van der Waals surface area contributed by atoms with Crippen LogP contribution in [0.15, 0.2) is 36.8 Å². The van der Waals surface area contributed by atoms with Gasteiger partial charge in [0.05, 0.1) is 11.5 Å². The topological polar surface area (TPSA) is 121 Å². The fourth-order valence-electron chi connectivity index (χ4n) is 2.51. The lowest BCUT2D eigenvalue weighted by atomic mass is 10.1. The van der Waals surface area contributed by atoms with E-state index in [9.17, 15) is 14.9 Å². The van der Waals surface area contributed by atoms with Crippen molar-refractivity contribution in [1.29, 1.82) is 0 Å². The van der Waals surface area contributed by atoms with E-state index in [0.717, 1.165) is 5.56 Å². The van der Waals surface area contributed by atoms with Crippen LogP contribution in [0.5, 0.6) is 0 Å². The lowest BCUT2D eigenvalue weighted by molar-refractivity contribution is -0.385. The molecular weight excluding hydrogens is 350 g/mol. The summed E-state index contributed by atoms with van der Waals surface area (Å²) in [6, 6.07) is 8.08. The van der Waals surface area contributed by atoms with Crippen LogP contribution in [0, 0.1) is 24.0 Å². The van der Waals surface area contributed by atoms with E-state index in [1.165, 1.54) is 16.4 Å². The summed E-state index contributed by atoms with van der Waals surface area (Å²) in [7, 11) is 0. The van der Waals surface area contributed by atoms with Gasteiger partial charge in [0.25, 0.3) is 0 Å². The van der Waals surface area contributed by atoms with Crippen molar-refractivity contribution in [3.63, 3.8) is 0 Å². The summed E-state index contributed by atoms with van der Waals surface area (Å²) in [6.45, 7) is 4.36. The minimum absolute atomic E-state index is 0.0630. The van der Waals surface area contributed by atoms with Gasteiger partial charge in [-0.2, -0.15) is 5.10 Å². The first-order valence-electron chi connectivity index (χ1n) is 8.34. The third kappa shape index (κ3) is 4.75.